The van der Waals surface area contributed by atoms with E-state index in [0.717, 1.165) is 0 Å². The fourth-order valence-corrected chi connectivity index (χ4v) is 3.01. The van der Waals surface area contributed by atoms with Gasteiger partial charge in [0.1, 0.15) is 17.6 Å². The van der Waals surface area contributed by atoms with Crippen LogP contribution in [0.15, 0.2) is 72.8 Å². The van der Waals surface area contributed by atoms with Gasteiger partial charge in [0.15, 0.2) is 5.78 Å². The van der Waals surface area contributed by atoms with Gasteiger partial charge in [0.2, 0.25) is 0 Å². The Morgan fingerprint density at radius 3 is 1.40 bits per heavy atom. The highest BCUT2D eigenvalue weighted by molar-refractivity contribution is 5.96. The van der Waals surface area contributed by atoms with Crippen molar-refractivity contribution in [3.63, 3.8) is 0 Å². The molecule has 0 aliphatic heterocycles. The molecule has 3 aromatic carbocycles. The molecular formula is C27H24O8. The Kier molecular flexibility index (Phi) is 8.48. The van der Waals surface area contributed by atoms with Gasteiger partial charge in [-0.2, -0.15) is 0 Å². The van der Waals surface area contributed by atoms with Crippen LogP contribution in [0.4, 0.5) is 0 Å². The first kappa shape index (κ1) is 25.3. The molecule has 3 rings (SSSR count). The second-order valence-corrected chi connectivity index (χ2v) is 7.63. The molecule has 0 amide bonds. The van der Waals surface area contributed by atoms with Gasteiger partial charge in [-0.05, 0) is 86.6 Å². The molecule has 35 heavy (non-hydrogen) atoms. The van der Waals surface area contributed by atoms with Crippen LogP contribution in [0.5, 0.6) is 11.5 Å². The number of hydrogen-bond donors (Lipinski definition) is 0. The highest BCUT2D eigenvalue weighted by atomic mass is 16.6. The molecule has 0 saturated carbocycles. The first-order chi connectivity index (χ1) is 16.8. The molecule has 1 unspecified atom stereocenters. The fourth-order valence-electron chi connectivity index (χ4n) is 3.01. The Labute approximate surface area is 202 Å². The average Bonchev–Trinajstić information content (AvgIpc) is 2.85. The number of ether oxygens (including phenoxy) is 4. The summed E-state index contributed by atoms with van der Waals surface area (Å²) >= 11 is 0. The smallest absolute Gasteiger partial charge is 0.343 e. The maximum Gasteiger partial charge on any atom is 0.343 e. The quantitative estimate of drug-likeness (QED) is 0.252. The van der Waals surface area contributed by atoms with Crippen LogP contribution in [0.25, 0.3) is 0 Å². The number of hydrogen-bond acceptors (Lipinski definition) is 8. The van der Waals surface area contributed by atoms with Crippen LogP contribution in [0, 0.1) is 0 Å². The van der Waals surface area contributed by atoms with Gasteiger partial charge in [0, 0.05) is 12.7 Å². The number of methoxy groups -OCH3 is 1. The molecule has 0 spiro atoms. The van der Waals surface area contributed by atoms with E-state index in [9.17, 15) is 19.2 Å². The minimum Gasteiger partial charge on any atom is -0.457 e. The predicted molar refractivity (Wildman–Crippen MR) is 126 cm³/mol. The van der Waals surface area contributed by atoms with Crippen LogP contribution in [-0.2, 0) is 9.47 Å². The number of Topliss-reactive ketones (excluding diaryl/α,β-unsaturated/α-hetero) is 1. The maximum absolute atomic E-state index is 12.4. The summed E-state index contributed by atoms with van der Waals surface area (Å²) in [5, 5.41) is 0. The summed E-state index contributed by atoms with van der Waals surface area (Å²) in [7, 11) is 1.52. The van der Waals surface area contributed by atoms with E-state index in [1.807, 2.05) is 0 Å². The summed E-state index contributed by atoms with van der Waals surface area (Å²) in [6, 6.07) is 17.9. The SMILES string of the molecule is COCC(C)OC(=O)c1ccc(OC(=O)c2ccc(C(=O)Oc3ccc(C(C)=O)cc3)cc2)cc1. The Bertz CT molecular complexity index is 1200. The first-order valence-corrected chi connectivity index (χ1v) is 10.7. The van der Waals surface area contributed by atoms with Crippen LogP contribution in [0.3, 0.4) is 0 Å². The van der Waals surface area contributed by atoms with Crippen molar-refractivity contribution < 1.29 is 38.1 Å². The first-order valence-electron chi connectivity index (χ1n) is 10.7. The van der Waals surface area contributed by atoms with Crippen LogP contribution in [0.2, 0.25) is 0 Å². The molecule has 0 radical (unpaired) electrons. The lowest BCUT2D eigenvalue weighted by Gasteiger charge is -2.12. The summed E-state index contributed by atoms with van der Waals surface area (Å²) < 4.78 is 20.8. The summed E-state index contributed by atoms with van der Waals surface area (Å²) in [4.78, 5) is 48.2. The van der Waals surface area contributed by atoms with Crippen molar-refractivity contribution in [2.24, 2.45) is 0 Å². The van der Waals surface area contributed by atoms with Crippen LogP contribution >= 0.6 is 0 Å². The van der Waals surface area contributed by atoms with Crippen LogP contribution in [0.1, 0.15) is 55.3 Å². The van der Waals surface area contributed by atoms with E-state index in [1.54, 1.807) is 19.1 Å². The van der Waals surface area contributed by atoms with Gasteiger partial charge in [-0.3, -0.25) is 4.79 Å². The summed E-state index contributed by atoms with van der Waals surface area (Å²) in [5.41, 5.74) is 1.29. The van der Waals surface area contributed by atoms with Crippen LogP contribution in [-0.4, -0.2) is 43.5 Å². The van der Waals surface area contributed by atoms with Gasteiger partial charge in [0.05, 0.1) is 23.3 Å². The second kappa shape index (κ2) is 11.7. The van der Waals surface area contributed by atoms with Gasteiger partial charge in [-0.25, -0.2) is 14.4 Å². The molecule has 0 fully saturated rings. The van der Waals surface area contributed by atoms with Crippen molar-refractivity contribution in [1.29, 1.82) is 0 Å². The van der Waals surface area contributed by atoms with E-state index in [2.05, 4.69) is 0 Å². The average molecular weight is 476 g/mol. The third kappa shape index (κ3) is 7.09. The molecule has 0 bridgehead atoms. The minimum absolute atomic E-state index is 0.0867. The van der Waals surface area contributed by atoms with Crippen molar-refractivity contribution in [2.45, 2.75) is 20.0 Å². The summed E-state index contributed by atoms with van der Waals surface area (Å²) in [6.07, 6.45) is -0.391. The Morgan fingerprint density at radius 2 is 1.00 bits per heavy atom. The number of carbonyl (C=O) groups is 4. The summed E-state index contributed by atoms with van der Waals surface area (Å²) in [6.45, 7) is 3.45. The highest BCUT2D eigenvalue weighted by Gasteiger charge is 2.15. The molecule has 0 aromatic heterocycles. The van der Waals surface area contributed by atoms with E-state index in [0.29, 0.717) is 16.9 Å². The molecule has 0 N–H and O–H groups in total. The highest BCUT2D eigenvalue weighted by Crippen LogP contribution is 2.18. The molecule has 3 aromatic rings. The Balaban J connectivity index is 1.57. The van der Waals surface area contributed by atoms with Gasteiger partial charge < -0.3 is 18.9 Å². The molecule has 1 atom stereocenters. The number of rotatable bonds is 9. The van der Waals surface area contributed by atoms with Gasteiger partial charge in [0.25, 0.3) is 0 Å². The molecular weight excluding hydrogens is 452 g/mol. The standard InChI is InChI=1S/C27H24O8/c1-17(16-32-3)33-25(29)22-10-14-24(15-11-22)35-27(31)21-6-4-20(5-7-21)26(30)34-23-12-8-19(9-13-23)18(2)28/h4-15,17H,16H2,1-3H3. The number of carbonyl (C=O) groups excluding carboxylic acids is 4. The molecule has 8 nitrogen and oxygen atoms in total. The lowest BCUT2D eigenvalue weighted by molar-refractivity contribution is 0.0120. The summed E-state index contributed by atoms with van der Waals surface area (Å²) in [5.74, 6) is -1.30. The molecule has 180 valence electrons. The second-order valence-electron chi connectivity index (χ2n) is 7.63. The van der Waals surface area contributed by atoms with E-state index in [1.165, 1.54) is 74.7 Å². The zero-order valence-corrected chi connectivity index (χ0v) is 19.5. The van der Waals surface area contributed by atoms with Crippen molar-refractivity contribution in [3.05, 3.63) is 95.1 Å². The number of benzene rings is 3. The molecule has 8 heteroatoms. The van der Waals surface area contributed by atoms with E-state index in [4.69, 9.17) is 18.9 Å². The molecule has 0 saturated heterocycles. The van der Waals surface area contributed by atoms with Crippen molar-refractivity contribution in [3.8, 4) is 11.5 Å². The van der Waals surface area contributed by atoms with Crippen molar-refractivity contribution >= 4 is 23.7 Å². The Hall–Kier alpha value is -4.30. The van der Waals surface area contributed by atoms with Crippen molar-refractivity contribution in [2.75, 3.05) is 13.7 Å². The topological polar surface area (TPSA) is 105 Å². The van der Waals surface area contributed by atoms with E-state index in [-0.39, 0.29) is 29.3 Å². The van der Waals surface area contributed by atoms with Gasteiger partial charge >= 0.3 is 17.9 Å². The predicted octanol–water partition coefficient (Wildman–Crippen LogP) is 4.52. The molecule has 0 heterocycles. The largest absolute Gasteiger partial charge is 0.457 e. The number of ketones is 1. The fraction of sp³-hybridized carbons (Fsp3) is 0.185. The minimum atomic E-state index is -0.631. The lowest BCUT2D eigenvalue weighted by Crippen LogP contribution is -2.19. The maximum atomic E-state index is 12.4. The van der Waals surface area contributed by atoms with Crippen LogP contribution < -0.4 is 9.47 Å². The third-order valence-electron chi connectivity index (χ3n) is 4.84. The van der Waals surface area contributed by atoms with E-state index < -0.39 is 24.0 Å². The molecule has 0 aliphatic carbocycles. The lowest BCUT2D eigenvalue weighted by atomic mass is 10.1. The normalized spacial score (nSPS) is 11.3. The van der Waals surface area contributed by atoms with Gasteiger partial charge in [-0.15, -0.1) is 0 Å². The zero-order valence-electron chi connectivity index (χ0n) is 19.5. The monoisotopic (exact) mass is 476 g/mol. The third-order valence-corrected chi connectivity index (χ3v) is 4.84. The van der Waals surface area contributed by atoms with E-state index >= 15 is 0 Å². The van der Waals surface area contributed by atoms with Gasteiger partial charge in [-0.1, -0.05) is 0 Å². The van der Waals surface area contributed by atoms with Crippen molar-refractivity contribution in [1.82, 2.24) is 0 Å². The Morgan fingerprint density at radius 1 is 0.629 bits per heavy atom. The molecule has 0 aliphatic rings. The number of esters is 3. The zero-order chi connectivity index (χ0) is 25.4.